The highest BCUT2D eigenvalue weighted by Gasteiger charge is 2.43. The Kier molecular flexibility index (Phi) is 5.32. The van der Waals surface area contributed by atoms with Crippen molar-refractivity contribution < 1.29 is 13.9 Å². The SMILES string of the molecule is Cc1cc(N)nc(C)c1CNC(=O)c1ccc2c(c1)C1OC2c2ccc(-c3ccc(Cl)cc3F)cc21. The smallest absolute Gasteiger partial charge is 0.251 e. The summed E-state index contributed by atoms with van der Waals surface area (Å²) in [5.41, 5.74) is 14.5. The highest BCUT2D eigenvalue weighted by atomic mass is 35.5. The number of ether oxygens (including phenoxy) is 1. The number of amides is 1. The van der Waals surface area contributed by atoms with Crippen molar-refractivity contribution in [3.05, 3.63) is 116 Å². The van der Waals surface area contributed by atoms with Gasteiger partial charge in [0.05, 0.1) is 0 Å². The number of aryl methyl sites for hydroxylation is 2. The van der Waals surface area contributed by atoms with Crippen LogP contribution >= 0.6 is 11.6 Å². The van der Waals surface area contributed by atoms with Crippen molar-refractivity contribution in [2.75, 3.05) is 5.73 Å². The van der Waals surface area contributed by atoms with Gasteiger partial charge >= 0.3 is 0 Å². The van der Waals surface area contributed by atoms with Gasteiger partial charge in [-0.05, 0) is 95.3 Å². The second-order valence-corrected chi connectivity index (χ2v) is 9.75. The van der Waals surface area contributed by atoms with Crippen LogP contribution < -0.4 is 11.1 Å². The fraction of sp³-hybridized carbons (Fsp3) is 0.172. The number of nitrogens with one attached hydrogen (secondary N) is 1. The first-order chi connectivity index (χ1) is 17.3. The van der Waals surface area contributed by atoms with Crippen molar-refractivity contribution in [3.63, 3.8) is 0 Å². The van der Waals surface area contributed by atoms with Crippen LogP contribution in [0.4, 0.5) is 10.2 Å². The zero-order chi connectivity index (χ0) is 25.1. The second-order valence-electron chi connectivity index (χ2n) is 9.32. The van der Waals surface area contributed by atoms with Gasteiger partial charge in [0.1, 0.15) is 23.8 Å². The van der Waals surface area contributed by atoms with E-state index in [-0.39, 0.29) is 23.9 Å². The van der Waals surface area contributed by atoms with E-state index in [1.54, 1.807) is 18.2 Å². The molecule has 0 fully saturated rings. The molecule has 0 radical (unpaired) electrons. The lowest BCUT2D eigenvalue weighted by atomic mass is 9.83. The number of hydrogen-bond acceptors (Lipinski definition) is 4. The standard InChI is InChI=1S/C29H23ClFN3O2/c1-14-9-26(32)34-15(2)24(14)13-33-29(35)17-4-7-21-23(11-17)28-22-10-16(3-6-20(22)27(21)36-28)19-8-5-18(30)12-25(19)31/h3-12,27-28H,13H2,1-2H3,(H2,32,34)(H,33,35). The summed E-state index contributed by atoms with van der Waals surface area (Å²) in [6.07, 6.45) is -0.485. The number of hydrogen-bond donors (Lipinski definition) is 2. The molecule has 0 saturated heterocycles. The third kappa shape index (κ3) is 3.65. The second kappa shape index (κ2) is 8.43. The molecule has 5 nitrogen and oxygen atoms in total. The van der Waals surface area contributed by atoms with Gasteiger partial charge in [0.25, 0.3) is 5.91 Å². The molecule has 3 heterocycles. The third-order valence-electron chi connectivity index (χ3n) is 7.08. The van der Waals surface area contributed by atoms with E-state index in [0.717, 1.165) is 44.6 Å². The number of anilines is 1. The van der Waals surface area contributed by atoms with E-state index in [2.05, 4.69) is 10.3 Å². The summed E-state index contributed by atoms with van der Waals surface area (Å²) in [7, 11) is 0. The number of nitrogens with two attached hydrogens (primary N) is 1. The maximum absolute atomic E-state index is 14.6. The molecule has 2 aliphatic rings. The number of carbonyl (C=O) groups is 1. The first-order valence-corrected chi connectivity index (χ1v) is 12.1. The summed E-state index contributed by atoms with van der Waals surface area (Å²) in [6, 6.07) is 18.1. The molecule has 0 saturated carbocycles. The first-order valence-electron chi connectivity index (χ1n) is 11.7. The van der Waals surface area contributed by atoms with Crippen LogP contribution in [0.3, 0.4) is 0 Å². The summed E-state index contributed by atoms with van der Waals surface area (Å²) in [5, 5.41) is 3.36. The van der Waals surface area contributed by atoms with Crippen LogP contribution in [0, 0.1) is 19.7 Å². The van der Waals surface area contributed by atoms with Crippen LogP contribution in [0.15, 0.2) is 60.7 Å². The van der Waals surface area contributed by atoms with Crippen LogP contribution in [0.2, 0.25) is 5.02 Å². The van der Waals surface area contributed by atoms with Gasteiger partial charge in [-0.1, -0.05) is 29.8 Å². The average molecular weight is 500 g/mol. The lowest BCUT2D eigenvalue weighted by Gasteiger charge is -2.18. The summed E-state index contributed by atoms with van der Waals surface area (Å²) >= 11 is 5.92. The summed E-state index contributed by atoms with van der Waals surface area (Å²) in [5.74, 6) is -0.0722. The average Bonchev–Trinajstić information content (AvgIpc) is 3.40. The number of carbonyl (C=O) groups excluding carboxylic acids is 1. The summed E-state index contributed by atoms with van der Waals surface area (Å²) < 4.78 is 20.8. The van der Waals surface area contributed by atoms with Gasteiger partial charge in [0, 0.05) is 28.4 Å². The Morgan fingerprint density at radius 2 is 1.72 bits per heavy atom. The van der Waals surface area contributed by atoms with Crippen molar-refractivity contribution in [2.45, 2.75) is 32.6 Å². The van der Waals surface area contributed by atoms with Crippen LogP contribution in [0.1, 0.15) is 61.6 Å². The Balaban J connectivity index is 1.27. The van der Waals surface area contributed by atoms with Crippen molar-refractivity contribution in [3.8, 4) is 11.1 Å². The van der Waals surface area contributed by atoms with Crippen molar-refractivity contribution >= 4 is 23.3 Å². The predicted molar refractivity (Wildman–Crippen MR) is 137 cm³/mol. The normalized spacial score (nSPS) is 17.1. The van der Waals surface area contributed by atoms with Gasteiger partial charge in [-0.3, -0.25) is 4.79 Å². The van der Waals surface area contributed by atoms with Crippen molar-refractivity contribution in [1.82, 2.24) is 10.3 Å². The molecule has 0 aliphatic carbocycles. The van der Waals surface area contributed by atoms with Gasteiger partial charge in [0.2, 0.25) is 0 Å². The molecule has 6 rings (SSSR count). The summed E-state index contributed by atoms with van der Waals surface area (Å²) in [6.45, 7) is 4.20. The van der Waals surface area contributed by atoms with Crippen molar-refractivity contribution in [1.29, 1.82) is 0 Å². The fourth-order valence-electron chi connectivity index (χ4n) is 5.30. The zero-order valence-electron chi connectivity index (χ0n) is 19.7. The Morgan fingerprint density at radius 1 is 1.00 bits per heavy atom. The molecule has 2 aliphatic heterocycles. The van der Waals surface area contributed by atoms with Gasteiger partial charge < -0.3 is 15.8 Å². The molecule has 0 spiro atoms. The number of aromatic nitrogens is 1. The molecular formula is C29H23ClFN3O2. The topological polar surface area (TPSA) is 77.2 Å². The first kappa shape index (κ1) is 22.7. The van der Waals surface area contributed by atoms with Gasteiger partial charge in [0.15, 0.2) is 0 Å². The maximum Gasteiger partial charge on any atom is 0.251 e. The van der Waals surface area contributed by atoms with Crippen molar-refractivity contribution in [2.24, 2.45) is 0 Å². The lowest BCUT2D eigenvalue weighted by Crippen LogP contribution is -2.24. The van der Waals surface area contributed by atoms with E-state index in [1.807, 2.05) is 50.2 Å². The number of halogens is 2. The zero-order valence-corrected chi connectivity index (χ0v) is 20.5. The molecule has 2 unspecified atom stereocenters. The third-order valence-corrected chi connectivity index (χ3v) is 7.31. The van der Waals surface area contributed by atoms with Crippen LogP contribution in [0.5, 0.6) is 0 Å². The Labute approximate surface area is 213 Å². The van der Waals surface area contributed by atoms with Gasteiger partial charge in [-0.2, -0.15) is 0 Å². The van der Waals surface area contributed by atoms with Gasteiger partial charge in [-0.25, -0.2) is 9.37 Å². The van der Waals surface area contributed by atoms with E-state index < -0.39 is 0 Å². The molecule has 1 amide bonds. The number of nitrogens with zero attached hydrogens (tertiary/aromatic N) is 1. The Bertz CT molecular complexity index is 1550. The van der Waals surface area contributed by atoms with E-state index in [0.29, 0.717) is 28.5 Å². The number of pyridine rings is 1. The molecule has 2 bridgehead atoms. The molecule has 7 heteroatoms. The maximum atomic E-state index is 14.6. The molecule has 2 atom stereocenters. The van der Waals surface area contributed by atoms with Crippen LogP contribution in [0.25, 0.3) is 11.1 Å². The highest BCUT2D eigenvalue weighted by molar-refractivity contribution is 6.30. The predicted octanol–water partition coefficient (Wildman–Crippen LogP) is 6.19. The van der Waals surface area contributed by atoms with E-state index >= 15 is 0 Å². The Hall–Kier alpha value is -3.74. The molecule has 180 valence electrons. The molecule has 36 heavy (non-hydrogen) atoms. The number of benzene rings is 3. The van der Waals surface area contributed by atoms with Gasteiger partial charge in [-0.15, -0.1) is 0 Å². The molecule has 3 aromatic carbocycles. The summed E-state index contributed by atoms with van der Waals surface area (Å²) in [4.78, 5) is 17.3. The minimum atomic E-state index is -0.368. The minimum Gasteiger partial charge on any atom is -0.384 e. The highest BCUT2D eigenvalue weighted by Crippen LogP contribution is 2.54. The van der Waals surface area contributed by atoms with Crippen LogP contribution in [-0.2, 0) is 11.3 Å². The van der Waals surface area contributed by atoms with Crippen LogP contribution in [-0.4, -0.2) is 10.9 Å². The van der Waals surface area contributed by atoms with E-state index in [9.17, 15) is 9.18 Å². The number of rotatable bonds is 4. The largest absolute Gasteiger partial charge is 0.384 e. The molecule has 1 aromatic heterocycles. The Morgan fingerprint density at radius 3 is 2.47 bits per heavy atom. The molecule has 4 aromatic rings. The number of fused-ring (bicyclic) bond motifs is 8. The number of nitrogen functional groups attached to an aromatic ring is 1. The minimum absolute atomic E-state index is 0.173. The quantitative estimate of drug-likeness (QED) is 0.351. The lowest BCUT2D eigenvalue weighted by molar-refractivity contribution is 0.0857. The van der Waals surface area contributed by atoms with E-state index in [1.165, 1.54) is 6.07 Å². The molecule has 3 N–H and O–H groups in total. The fourth-order valence-corrected chi connectivity index (χ4v) is 5.46. The van der Waals surface area contributed by atoms with E-state index in [4.69, 9.17) is 22.1 Å². The monoisotopic (exact) mass is 499 g/mol. The molecular weight excluding hydrogens is 477 g/mol.